The first-order valence-electron chi connectivity index (χ1n) is 13.5. The predicted molar refractivity (Wildman–Crippen MR) is 154 cm³/mol. The van der Waals surface area contributed by atoms with Crippen LogP contribution in [0.25, 0.3) is 0 Å². The van der Waals surface area contributed by atoms with E-state index in [-0.39, 0.29) is 17.4 Å². The summed E-state index contributed by atoms with van der Waals surface area (Å²) in [6.07, 6.45) is 4.58. The maximum Gasteiger partial charge on any atom is 0.119 e. The third-order valence-electron chi connectivity index (χ3n) is 7.10. The third kappa shape index (κ3) is 8.71. The Morgan fingerprint density at radius 3 is 2.24 bits per heavy atom. The molecule has 0 aliphatic heterocycles. The van der Waals surface area contributed by atoms with E-state index in [9.17, 15) is 10.2 Å². The zero-order valence-electron chi connectivity index (χ0n) is 23.2. The summed E-state index contributed by atoms with van der Waals surface area (Å²) < 4.78 is 5.96. The molecule has 0 fully saturated rings. The summed E-state index contributed by atoms with van der Waals surface area (Å²) >= 11 is 0. The van der Waals surface area contributed by atoms with Gasteiger partial charge in [-0.3, -0.25) is 0 Å². The van der Waals surface area contributed by atoms with Gasteiger partial charge in [-0.25, -0.2) is 0 Å². The lowest BCUT2D eigenvalue weighted by atomic mass is 9.91. The van der Waals surface area contributed by atoms with Crippen LogP contribution in [-0.4, -0.2) is 48.9 Å². The summed E-state index contributed by atoms with van der Waals surface area (Å²) in [6.45, 7) is 10.0. The van der Waals surface area contributed by atoms with Crippen LogP contribution in [0.5, 0.6) is 17.2 Å². The van der Waals surface area contributed by atoms with Crippen LogP contribution in [0.2, 0.25) is 0 Å². The summed E-state index contributed by atoms with van der Waals surface area (Å²) in [5.41, 5.74) is 5.69. The van der Waals surface area contributed by atoms with Crippen molar-refractivity contribution in [1.29, 1.82) is 0 Å². The van der Waals surface area contributed by atoms with E-state index in [1.54, 1.807) is 12.1 Å². The van der Waals surface area contributed by atoms with E-state index in [2.05, 4.69) is 56.8 Å². The van der Waals surface area contributed by atoms with Gasteiger partial charge in [0.05, 0.1) is 0 Å². The fourth-order valence-electron chi connectivity index (χ4n) is 4.71. The lowest BCUT2D eigenvalue weighted by Crippen LogP contribution is -2.25. The van der Waals surface area contributed by atoms with Crippen molar-refractivity contribution in [3.8, 4) is 17.2 Å². The van der Waals surface area contributed by atoms with Crippen LogP contribution in [0.1, 0.15) is 61.3 Å². The molecule has 0 aliphatic rings. The van der Waals surface area contributed by atoms with Crippen molar-refractivity contribution in [3.05, 3.63) is 82.9 Å². The molecule has 3 rings (SSSR count). The first-order valence-corrected chi connectivity index (χ1v) is 13.5. The van der Waals surface area contributed by atoms with Gasteiger partial charge in [-0.2, -0.15) is 0 Å². The predicted octanol–water partition coefficient (Wildman–Crippen LogP) is 6.89. The Kier molecular flexibility index (Phi) is 10.7. The normalized spacial score (nSPS) is 12.1. The first kappa shape index (κ1) is 28.4. The minimum absolute atomic E-state index is 0.267. The molecule has 0 saturated carbocycles. The molecule has 3 aromatic carbocycles. The monoisotopic (exact) mass is 504 g/mol. The Hall–Kier alpha value is -3.18. The number of anilines is 1. The molecule has 5 nitrogen and oxygen atoms in total. The van der Waals surface area contributed by atoms with Crippen LogP contribution in [-0.2, 0) is 13.0 Å². The van der Waals surface area contributed by atoms with Gasteiger partial charge in [-0.05, 0) is 91.9 Å². The number of hydrogen-bond donors (Lipinski definition) is 2. The number of nitrogens with zero attached hydrogens (tertiary/aromatic N) is 2. The van der Waals surface area contributed by atoms with Gasteiger partial charge in [0.1, 0.15) is 23.9 Å². The third-order valence-corrected chi connectivity index (χ3v) is 7.10. The van der Waals surface area contributed by atoms with Gasteiger partial charge in [0.2, 0.25) is 0 Å². The second-order valence-corrected chi connectivity index (χ2v) is 10.3. The summed E-state index contributed by atoms with van der Waals surface area (Å²) in [5, 5.41) is 20.1. The molecule has 5 heteroatoms. The van der Waals surface area contributed by atoms with E-state index < -0.39 is 0 Å². The maximum atomic E-state index is 10.5. The summed E-state index contributed by atoms with van der Waals surface area (Å²) in [7, 11) is 4.22. The number of likely N-dealkylation sites (N-methyl/N-ethyl adjacent to an activating group) is 1. The highest BCUT2D eigenvalue weighted by molar-refractivity contribution is 5.60. The van der Waals surface area contributed by atoms with Crippen LogP contribution < -0.4 is 9.64 Å². The standard InChI is InChI=1S/C32H44N2O3/c1-6-7-8-17-33(4)18-19-37-31-15-9-26(10-16-31)23-34(5)32-22-30(36)21-28(25(32)3)20-24(2)27-11-13-29(35)14-12-27/h9-16,21-22,24,35-36H,6-8,17-20,23H2,1-5H3. The van der Waals surface area contributed by atoms with E-state index in [1.807, 2.05) is 36.4 Å². The fourth-order valence-corrected chi connectivity index (χ4v) is 4.71. The highest BCUT2D eigenvalue weighted by Crippen LogP contribution is 2.32. The van der Waals surface area contributed by atoms with Crippen LogP contribution in [0, 0.1) is 6.92 Å². The van der Waals surface area contributed by atoms with Gasteiger partial charge >= 0.3 is 0 Å². The maximum absolute atomic E-state index is 10.5. The SMILES string of the molecule is CCCCCN(C)CCOc1ccc(CN(C)c2cc(O)cc(CC(C)c3ccc(O)cc3)c2C)cc1. The number of phenols is 2. The molecule has 0 saturated heterocycles. The molecule has 0 radical (unpaired) electrons. The highest BCUT2D eigenvalue weighted by Gasteiger charge is 2.15. The van der Waals surface area contributed by atoms with E-state index >= 15 is 0 Å². The van der Waals surface area contributed by atoms with Crippen molar-refractivity contribution in [2.24, 2.45) is 0 Å². The summed E-state index contributed by atoms with van der Waals surface area (Å²) in [5.74, 6) is 1.72. The highest BCUT2D eigenvalue weighted by atomic mass is 16.5. The quantitative estimate of drug-likeness (QED) is 0.234. The minimum atomic E-state index is 0.267. The molecule has 0 aromatic heterocycles. The zero-order chi connectivity index (χ0) is 26.8. The number of phenolic OH excluding ortho intramolecular Hbond substituents is 2. The molecule has 37 heavy (non-hydrogen) atoms. The number of rotatable bonds is 14. The lowest BCUT2D eigenvalue weighted by Gasteiger charge is -2.24. The van der Waals surface area contributed by atoms with Gasteiger partial charge in [0.25, 0.3) is 0 Å². The Balaban J connectivity index is 1.58. The largest absolute Gasteiger partial charge is 0.508 e. The van der Waals surface area contributed by atoms with E-state index in [0.29, 0.717) is 6.61 Å². The second-order valence-electron chi connectivity index (χ2n) is 10.3. The van der Waals surface area contributed by atoms with Gasteiger partial charge in [-0.15, -0.1) is 0 Å². The number of hydrogen-bond acceptors (Lipinski definition) is 5. The Bertz CT molecular complexity index is 1100. The molecule has 0 spiro atoms. The molecule has 3 aromatic rings. The average Bonchev–Trinajstić information content (AvgIpc) is 2.87. The number of aromatic hydroxyl groups is 2. The Labute approximate surface area is 223 Å². The number of benzene rings is 3. The van der Waals surface area contributed by atoms with Crippen LogP contribution in [0.4, 0.5) is 5.69 Å². The first-order chi connectivity index (χ1) is 17.8. The van der Waals surface area contributed by atoms with Gasteiger partial charge in [0.15, 0.2) is 0 Å². The molecular weight excluding hydrogens is 460 g/mol. The molecule has 0 bridgehead atoms. The molecular formula is C32H44N2O3. The Morgan fingerprint density at radius 2 is 1.57 bits per heavy atom. The van der Waals surface area contributed by atoms with Gasteiger partial charge < -0.3 is 24.7 Å². The molecule has 2 N–H and O–H groups in total. The van der Waals surface area contributed by atoms with Crippen molar-refractivity contribution in [3.63, 3.8) is 0 Å². The fraction of sp³-hybridized carbons (Fsp3) is 0.438. The van der Waals surface area contributed by atoms with Crippen molar-refractivity contribution in [1.82, 2.24) is 4.90 Å². The van der Waals surface area contributed by atoms with E-state index in [1.165, 1.54) is 36.0 Å². The molecule has 0 aliphatic carbocycles. The molecule has 0 heterocycles. The average molecular weight is 505 g/mol. The topological polar surface area (TPSA) is 56.2 Å². The lowest BCUT2D eigenvalue weighted by molar-refractivity contribution is 0.235. The molecule has 200 valence electrons. The van der Waals surface area contributed by atoms with Crippen molar-refractivity contribution < 1.29 is 14.9 Å². The number of unbranched alkanes of at least 4 members (excludes halogenated alkanes) is 2. The molecule has 1 unspecified atom stereocenters. The van der Waals surface area contributed by atoms with Crippen LogP contribution in [0.3, 0.4) is 0 Å². The van der Waals surface area contributed by atoms with Crippen molar-refractivity contribution in [2.75, 3.05) is 38.7 Å². The smallest absolute Gasteiger partial charge is 0.119 e. The Morgan fingerprint density at radius 1 is 0.865 bits per heavy atom. The molecule has 0 amide bonds. The van der Waals surface area contributed by atoms with Gasteiger partial charge in [0, 0.05) is 31.9 Å². The summed E-state index contributed by atoms with van der Waals surface area (Å²) in [6, 6.07) is 19.4. The molecule has 1 atom stereocenters. The van der Waals surface area contributed by atoms with Gasteiger partial charge in [-0.1, -0.05) is 51.0 Å². The van der Waals surface area contributed by atoms with E-state index in [4.69, 9.17) is 4.74 Å². The summed E-state index contributed by atoms with van der Waals surface area (Å²) in [4.78, 5) is 4.52. The minimum Gasteiger partial charge on any atom is -0.508 e. The van der Waals surface area contributed by atoms with Crippen LogP contribution in [0.15, 0.2) is 60.7 Å². The van der Waals surface area contributed by atoms with Crippen LogP contribution >= 0.6 is 0 Å². The number of ether oxygens (including phenoxy) is 1. The second kappa shape index (κ2) is 13.9. The van der Waals surface area contributed by atoms with Crippen molar-refractivity contribution >= 4 is 5.69 Å². The zero-order valence-corrected chi connectivity index (χ0v) is 23.2. The van der Waals surface area contributed by atoms with E-state index in [0.717, 1.165) is 43.1 Å². The van der Waals surface area contributed by atoms with Crippen molar-refractivity contribution in [2.45, 2.75) is 58.9 Å².